The van der Waals surface area contributed by atoms with Gasteiger partial charge in [-0.05, 0) is 48.6 Å². The van der Waals surface area contributed by atoms with Gasteiger partial charge in [-0.1, -0.05) is 6.07 Å². The summed E-state index contributed by atoms with van der Waals surface area (Å²) in [5.41, 5.74) is 7.21. The van der Waals surface area contributed by atoms with E-state index in [2.05, 4.69) is 85.3 Å². The van der Waals surface area contributed by atoms with Gasteiger partial charge in [0.05, 0.1) is 13.3 Å². The monoisotopic (exact) mass is 312 g/mol. The molecule has 2 heterocycles. The van der Waals surface area contributed by atoms with Crippen molar-refractivity contribution in [2.24, 2.45) is 0 Å². The van der Waals surface area contributed by atoms with Crippen molar-refractivity contribution in [3.63, 3.8) is 0 Å². The molecule has 0 bridgehead atoms. The van der Waals surface area contributed by atoms with Gasteiger partial charge in [0.1, 0.15) is 0 Å². The van der Waals surface area contributed by atoms with Crippen molar-refractivity contribution < 1.29 is 0 Å². The van der Waals surface area contributed by atoms with Crippen LogP contribution >= 0.6 is 0 Å². The van der Waals surface area contributed by atoms with Gasteiger partial charge < -0.3 is 19.6 Å². The molecule has 0 amide bonds. The number of nitrogens with zero attached hydrogens (tertiary/aromatic N) is 4. The second-order valence-corrected chi connectivity index (χ2v) is 6.98. The number of hydrogen-bond acceptors (Lipinski definition) is 4. The van der Waals surface area contributed by atoms with Crippen molar-refractivity contribution in [1.82, 2.24) is 19.6 Å². The molecule has 2 aliphatic heterocycles. The number of hydrogen-bond donors (Lipinski definition) is 0. The molecule has 0 saturated heterocycles. The summed E-state index contributed by atoms with van der Waals surface area (Å²) in [5, 5.41) is 0. The van der Waals surface area contributed by atoms with Crippen LogP contribution in [0.2, 0.25) is 0 Å². The van der Waals surface area contributed by atoms with E-state index in [9.17, 15) is 0 Å². The van der Waals surface area contributed by atoms with Crippen LogP contribution in [-0.4, -0.2) is 47.0 Å². The van der Waals surface area contributed by atoms with Gasteiger partial charge in [0.15, 0.2) is 0 Å². The summed E-state index contributed by atoms with van der Waals surface area (Å²) in [5.74, 6) is 0. The Labute approximate surface area is 140 Å². The highest BCUT2D eigenvalue weighted by molar-refractivity contribution is 5.45. The molecular formula is C19H28N4. The van der Waals surface area contributed by atoms with Crippen LogP contribution in [0, 0.1) is 20.8 Å². The van der Waals surface area contributed by atoms with E-state index < -0.39 is 0 Å². The van der Waals surface area contributed by atoms with E-state index >= 15 is 0 Å². The Morgan fingerprint density at radius 1 is 0.739 bits per heavy atom. The maximum absolute atomic E-state index is 2.37. The highest BCUT2D eigenvalue weighted by Gasteiger charge is 2.17. The van der Waals surface area contributed by atoms with E-state index in [1.807, 2.05) is 0 Å². The fourth-order valence-corrected chi connectivity index (χ4v) is 3.55. The fraction of sp³-hybridized carbons (Fsp3) is 0.474. The largest absolute Gasteiger partial charge is 0.362 e. The molecule has 3 rings (SSSR count). The van der Waals surface area contributed by atoms with E-state index in [-0.39, 0.29) is 0 Å². The molecule has 0 unspecified atom stereocenters. The van der Waals surface area contributed by atoms with Gasteiger partial charge in [-0.25, -0.2) is 0 Å². The van der Waals surface area contributed by atoms with Crippen molar-refractivity contribution in [2.75, 3.05) is 27.4 Å². The van der Waals surface area contributed by atoms with Crippen molar-refractivity contribution in [3.8, 4) is 0 Å². The van der Waals surface area contributed by atoms with Crippen molar-refractivity contribution in [3.05, 3.63) is 58.7 Å². The molecule has 4 heteroatoms. The predicted molar refractivity (Wildman–Crippen MR) is 95.3 cm³/mol. The molecule has 0 atom stereocenters. The second kappa shape index (κ2) is 6.19. The first kappa shape index (κ1) is 15.8. The molecule has 23 heavy (non-hydrogen) atoms. The van der Waals surface area contributed by atoms with Crippen LogP contribution in [-0.2, 0) is 13.1 Å². The third-order valence-corrected chi connectivity index (χ3v) is 4.89. The number of aryl methyl sites for hydroxylation is 2. The standard InChI is InChI=1S/C19H28N4/c1-15-10-16(2)19(12-23-9-7-21(5)14-23)17(3)18(15)11-22-8-6-20(4)13-22/h6-10H,11-14H2,1-5H3. The Bertz CT molecular complexity index is 595. The molecule has 0 aromatic heterocycles. The Hall–Kier alpha value is -2.10. The third kappa shape index (κ3) is 3.31. The van der Waals surface area contributed by atoms with E-state index in [0.29, 0.717) is 0 Å². The van der Waals surface area contributed by atoms with E-state index in [0.717, 1.165) is 26.4 Å². The second-order valence-electron chi connectivity index (χ2n) is 6.98. The molecule has 0 saturated carbocycles. The molecule has 1 aromatic rings. The molecule has 0 fully saturated rings. The number of benzene rings is 1. The molecule has 124 valence electrons. The minimum Gasteiger partial charge on any atom is -0.362 e. The zero-order valence-corrected chi connectivity index (χ0v) is 15.0. The van der Waals surface area contributed by atoms with Crippen molar-refractivity contribution >= 4 is 0 Å². The SMILES string of the molecule is Cc1cc(C)c(CN2C=CN(C)C2)c(C)c1CN1C=CN(C)C1. The maximum Gasteiger partial charge on any atom is 0.0894 e. The quantitative estimate of drug-likeness (QED) is 0.847. The predicted octanol–water partition coefficient (Wildman–Crippen LogP) is 2.96. The van der Waals surface area contributed by atoms with Crippen LogP contribution in [0.3, 0.4) is 0 Å². The average molecular weight is 312 g/mol. The minimum absolute atomic E-state index is 0.974. The van der Waals surface area contributed by atoms with Gasteiger partial charge in [-0.15, -0.1) is 0 Å². The third-order valence-electron chi connectivity index (χ3n) is 4.89. The summed E-state index contributed by atoms with van der Waals surface area (Å²) in [7, 11) is 4.24. The molecule has 2 aliphatic rings. The first-order chi connectivity index (χ1) is 10.9. The average Bonchev–Trinajstić information content (AvgIpc) is 3.08. The van der Waals surface area contributed by atoms with Crippen LogP contribution in [0.15, 0.2) is 30.9 Å². The highest BCUT2D eigenvalue weighted by atomic mass is 15.3. The lowest BCUT2D eigenvalue weighted by Crippen LogP contribution is -2.25. The minimum atomic E-state index is 0.974. The summed E-state index contributed by atoms with van der Waals surface area (Å²) in [6, 6.07) is 2.35. The fourth-order valence-electron chi connectivity index (χ4n) is 3.55. The normalized spacial score (nSPS) is 17.1. The van der Waals surface area contributed by atoms with Crippen LogP contribution in [0.1, 0.15) is 27.8 Å². The Balaban J connectivity index is 1.83. The van der Waals surface area contributed by atoms with Crippen molar-refractivity contribution in [2.45, 2.75) is 33.9 Å². The Kier molecular flexibility index (Phi) is 4.24. The van der Waals surface area contributed by atoms with Crippen LogP contribution < -0.4 is 0 Å². The van der Waals surface area contributed by atoms with E-state index in [1.165, 1.54) is 27.8 Å². The smallest absolute Gasteiger partial charge is 0.0894 e. The highest BCUT2D eigenvalue weighted by Crippen LogP contribution is 2.26. The van der Waals surface area contributed by atoms with Gasteiger partial charge in [0.2, 0.25) is 0 Å². The zero-order valence-electron chi connectivity index (χ0n) is 15.0. The summed E-state index contributed by atoms with van der Waals surface area (Å²) in [6.45, 7) is 10.7. The molecule has 0 N–H and O–H groups in total. The zero-order chi connectivity index (χ0) is 16.6. The lowest BCUT2D eigenvalue weighted by atomic mass is 9.93. The molecule has 4 nitrogen and oxygen atoms in total. The molecular weight excluding hydrogens is 284 g/mol. The van der Waals surface area contributed by atoms with Crippen LogP contribution in [0.5, 0.6) is 0 Å². The molecule has 1 aromatic carbocycles. The van der Waals surface area contributed by atoms with Gasteiger partial charge in [0, 0.05) is 52.0 Å². The molecule has 0 aliphatic carbocycles. The van der Waals surface area contributed by atoms with E-state index in [1.54, 1.807) is 0 Å². The summed E-state index contributed by atoms with van der Waals surface area (Å²) >= 11 is 0. The maximum atomic E-state index is 2.37. The lowest BCUT2D eigenvalue weighted by molar-refractivity contribution is 0.286. The number of rotatable bonds is 4. The molecule has 0 spiro atoms. The van der Waals surface area contributed by atoms with E-state index in [4.69, 9.17) is 0 Å². The van der Waals surface area contributed by atoms with Gasteiger partial charge in [-0.3, -0.25) is 0 Å². The summed E-state index contributed by atoms with van der Waals surface area (Å²) in [4.78, 5) is 9.17. The summed E-state index contributed by atoms with van der Waals surface area (Å²) in [6.07, 6.45) is 8.67. The first-order valence-corrected chi connectivity index (χ1v) is 8.28. The Morgan fingerprint density at radius 3 is 1.52 bits per heavy atom. The van der Waals surface area contributed by atoms with Crippen molar-refractivity contribution in [1.29, 1.82) is 0 Å². The Morgan fingerprint density at radius 2 is 1.17 bits per heavy atom. The lowest BCUT2D eigenvalue weighted by Gasteiger charge is -2.25. The first-order valence-electron chi connectivity index (χ1n) is 8.28. The van der Waals surface area contributed by atoms with Gasteiger partial charge in [-0.2, -0.15) is 0 Å². The van der Waals surface area contributed by atoms with Gasteiger partial charge in [0.25, 0.3) is 0 Å². The van der Waals surface area contributed by atoms with Crippen LogP contribution in [0.25, 0.3) is 0 Å². The van der Waals surface area contributed by atoms with Gasteiger partial charge >= 0.3 is 0 Å². The van der Waals surface area contributed by atoms with Crippen LogP contribution in [0.4, 0.5) is 0 Å². The summed E-state index contributed by atoms with van der Waals surface area (Å²) < 4.78 is 0. The molecule has 0 radical (unpaired) electrons. The topological polar surface area (TPSA) is 13.0 Å².